The van der Waals surface area contributed by atoms with Crippen molar-refractivity contribution in [1.29, 1.82) is 0 Å². The molecule has 3 rings (SSSR count). The van der Waals surface area contributed by atoms with Crippen LogP contribution in [0.4, 0.5) is 5.69 Å². The molecule has 1 aliphatic heterocycles. The van der Waals surface area contributed by atoms with Crippen LogP contribution in [0.3, 0.4) is 0 Å². The number of hydrazone groups is 1. The number of anilines is 1. The lowest BCUT2D eigenvalue weighted by molar-refractivity contribution is -0.116. The molecule has 0 saturated carbocycles. The quantitative estimate of drug-likeness (QED) is 0.625. The Hall–Kier alpha value is -2.93. The van der Waals surface area contributed by atoms with E-state index >= 15 is 0 Å². The van der Waals surface area contributed by atoms with Crippen molar-refractivity contribution in [2.45, 2.75) is 11.8 Å². The highest BCUT2D eigenvalue weighted by molar-refractivity contribution is 8.16. The molecule has 0 bridgehead atoms. The molecule has 6 nitrogen and oxygen atoms in total. The molecule has 1 heterocycles. The zero-order valence-corrected chi connectivity index (χ0v) is 14.4. The maximum absolute atomic E-state index is 12.4. The first-order valence-electron chi connectivity index (χ1n) is 7.40. The number of benzene rings is 2. The highest BCUT2D eigenvalue weighted by Gasteiger charge is 2.28. The van der Waals surface area contributed by atoms with Gasteiger partial charge in [0.15, 0.2) is 5.04 Å². The molecule has 0 saturated heterocycles. The fraction of sp³-hybridized carbons (Fsp3) is 0.111. The summed E-state index contributed by atoms with van der Waals surface area (Å²) >= 11 is 1.23. The second kappa shape index (κ2) is 6.90. The average Bonchev–Trinajstić information content (AvgIpc) is 2.95. The Morgan fingerprint density at radius 1 is 1.08 bits per heavy atom. The van der Waals surface area contributed by atoms with E-state index in [-0.39, 0.29) is 16.7 Å². The summed E-state index contributed by atoms with van der Waals surface area (Å²) < 4.78 is 4.65. The fourth-order valence-corrected chi connectivity index (χ4v) is 3.28. The summed E-state index contributed by atoms with van der Waals surface area (Å²) in [6.07, 6.45) is 0. The van der Waals surface area contributed by atoms with Crippen LogP contribution >= 0.6 is 11.8 Å². The van der Waals surface area contributed by atoms with Gasteiger partial charge < -0.3 is 4.74 Å². The van der Waals surface area contributed by atoms with E-state index in [4.69, 9.17) is 0 Å². The summed E-state index contributed by atoms with van der Waals surface area (Å²) in [6, 6.07) is 13.4. The summed E-state index contributed by atoms with van der Waals surface area (Å²) in [5.41, 5.74) is 1.40. The molecule has 0 atom stereocenters. The van der Waals surface area contributed by atoms with Crippen LogP contribution in [0.5, 0.6) is 0 Å². The van der Waals surface area contributed by atoms with E-state index in [0.717, 1.165) is 9.90 Å². The minimum absolute atomic E-state index is 0.210. The molecule has 1 amide bonds. The third kappa shape index (κ3) is 3.32. The van der Waals surface area contributed by atoms with Gasteiger partial charge in [-0.2, -0.15) is 10.1 Å². The van der Waals surface area contributed by atoms with Crippen LogP contribution in [0.2, 0.25) is 0 Å². The van der Waals surface area contributed by atoms with Crippen molar-refractivity contribution in [3.05, 3.63) is 59.7 Å². The van der Waals surface area contributed by atoms with Crippen molar-refractivity contribution in [3.8, 4) is 0 Å². The predicted octanol–water partition coefficient (Wildman–Crippen LogP) is 3.13. The molecule has 2 aromatic rings. The number of fused-ring (bicyclic) bond motifs is 1. The number of thioether (sulfide) groups is 1. The van der Waals surface area contributed by atoms with Crippen molar-refractivity contribution < 1.29 is 19.1 Å². The normalized spacial score (nSPS) is 14.3. The Morgan fingerprint density at radius 2 is 1.76 bits per heavy atom. The topological polar surface area (TPSA) is 76.0 Å². The third-order valence-corrected chi connectivity index (χ3v) is 4.59. The number of Topliss-reactive ketones (excluding diaryl/α,β-unsaturated/α-hetero) is 1. The van der Waals surface area contributed by atoms with E-state index in [2.05, 4.69) is 9.84 Å². The molecule has 0 N–H and O–H groups in total. The van der Waals surface area contributed by atoms with Crippen molar-refractivity contribution in [2.24, 2.45) is 5.10 Å². The maximum atomic E-state index is 12.4. The molecular weight excluding hydrogens is 340 g/mol. The summed E-state index contributed by atoms with van der Waals surface area (Å²) in [5, 5.41) is 5.61. The molecule has 0 unspecified atom stereocenters. The maximum Gasteiger partial charge on any atom is 0.337 e. The number of rotatable bonds is 3. The first-order chi connectivity index (χ1) is 12.0. The van der Waals surface area contributed by atoms with E-state index in [9.17, 15) is 14.4 Å². The fourth-order valence-electron chi connectivity index (χ4n) is 2.33. The zero-order valence-electron chi connectivity index (χ0n) is 13.6. The standard InChI is InChI=1S/C18H14N2O4S/c1-11(21)20(13-9-7-12(8-10-13)18(23)24-2)19-17-16(22)14-5-3-4-6-15(14)25-17/h3-10H,1-2H3/b19-17-. The molecule has 0 spiro atoms. The number of amides is 1. The van der Waals surface area contributed by atoms with Gasteiger partial charge in [0, 0.05) is 17.4 Å². The monoisotopic (exact) mass is 354 g/mol. The smallest absolute Gasteiger partial charge is 0.337 e. The second-order valence-corrected chi connectivity index (χ2v) is 6.23. The van der Waals surface area contributed by atoms with Gasteiger partial charge in [-0.3, -0.25) is 9.59 Å². The highest BCUT2D eigenvalue weighted by atomic mass is 32.2. The number of ketones is 1. The first kappa shape index (κ1) is 16.9. The van der Waals surface area contributed by atoms with Gasteiger partial charge in [-0.25, -0.2) is 4.79 Å². The van der Waals surface area contributed by atoms with Gasteiger partial charge in [-0.05, 0) is 36.4 Å². The van der Waals surface area contributed by atoms with Crippen molar-refractivity contribution >= 4 is 40.2 Å². The largest absolute Gasteiger partial charge is 0.465 e. The van der Waals surface area contributed by atoms with Crippen molar-refractivity contribution in [3.63, 3.8) is 0 Å². The number of methoxy groups -OCH3 is 1. The second-order valence-electron chi connectivity index (χ2n) is 5.20. The minimum Gasteiger partial charge on any atom is -0.465 e. The van der Waals surface area contributed by atoms with E-state index in [1.54, 1.807) is 24.3 Å². The van der Waals surface area contributed by atoms with Gasteiger partial charge in [0.05, 0.1) is 18.4 Å². The number of esters is 1. The Labute approximate surface area is 148 Å². The van der Waals surface area contributed by atoms with Gasteiger partial charge in [0.25, 0.3) is 0 Å². The number of ether oxygens (including phenoxy) is 1. The molecule has 1 aliphatic rings. The summed E-state index contributed by atoms with van der Waals surface area (Å²) in [7, 11) is 1.30. The van der Waals surface area contributed by atoms with Gasteiger partial charge in [-0.1, -0.05) is 23.9 Å². The third-order valence-electron chi connectivity index (χ3n) is 3.55. The molecule has 0 aromatic heterocycles. The lowest BCUT2D eigenvalue weighted by Crippen LogP contribution is -2.25. The molecule has 0 aliphatic carbocycles. The molecule has 25 heavy (non-hydrogen) atoms. The lowest BCUT2D eigenvalue weighted by atomic mass is 10.1. The molecule has 2 aromatic carbocycles. The van der Waals surface area contributed by atoms with Crippen LogP contribution in [0.1, 0.15) is 27.6 Å². The van der Waals surface area contributed by atoms with Crippen LogP contribution in [0.15, 0.2) is 58.5 Å². The van der Waals surface area contributed by atoms with Crippen LogP contribution in [-0.4, -0.2) is 29.8 Å². The van der Waals surface area contributed by atoms with Gasteiger partial charge in [-0.15, -0.1) is 0 Å². The van der Waals surface area contributed by atoms with Gasteiger partial charge in [0.1, 0.15) is 0 Å². The van der Waals surface area contributed by atoms with E-state index in [1.165, 1.54) is 37.9 Å². The summed E-state index contributed by atoms with van der Waals surface area (Å²) in [4.78, 5) is 36.7. The summed E-state index contributed by atoms with van der Waals surface area (Å²) in [6.45, 7) is 1.36. The minimum atomic E-state index is -0.468. The Bertz CT molecular complexity index is 890. The van der Waals surface area contributed by atoms with Gasteiger partial charge >= 0.3 is 5.97 Å². The van der Waals surface area contributed by atoms with Crippen LogP contribution in [0, 0.1) is 0 Å². The Kier molecular flexibility index (Phi) is 4.67. The average molecular weight is 354 g/mol. The zero-order chi connectivity index (χ0) is 18.0. The Balaban J connectivity index is 1.92. The molecule has 7 heteroatoms. The first-order valence-corrected chi connectivity index (χ1v) is 8.22. The lowest BCUT2D eigenvalue weighted by Gasteiger charge is -2.16. The highest BCUT2D eigenvalue weighted by Crippen LogP contribution is 2.33. The molecular formula is C18H14N2O4S. The summed E-state index contributed by atoms with van der Waals surface area (Å²) in [5.74, 6) is -1.02. The SMILES string of the molecule is COC(=O)c1ccc(N(/N=C2\Sc3ccccc3C2=O)C(C)=O)cc1. The molecule has 0 fully saturated rings. The number of nitrogens with zero attached hydrogens (tertiary/aromatic N) is 2. The van der Waals surface area contributed by atoms with E-state index < -0.39 is 5.97 Å². The van der Waals surface area contributed by atoms with E-state index in [1.807, 2.05) is 12.1 Å². The number of carbonyl (C=O) groups excluding carboxylic acids is 3. The Morgan fingerprint density at radius 3 is 2.36 bits per heavy atom. The predicted molar refractivity (Wildman–Crippen MR) is 95.0 cm³/mol. The van der Waals surface area contributed by atoms with Crippen molar-refractivity contribution in [2.75, 3.05) is 12.1 Å². The van der Waals surface area contributed by atoms with E-state index in [0.29, 0.717) is 16.8 Å². The molecule has 126 valence electrons. The molecule has 0 radical (unpaired) electrons. The van der Waals surface area contributed by atoms with Crippen LogP contribution in [0.25, 0.3) is 0 Å². The van der Waals surface area contributed by atoms with Crippen molar-refractivity contribution in [1.82, 2.24) is 0 Å². The van der Waals surface area contributed by atoms with Crippen LogP contribution in [-0.2, 0) is 9.53 Å². The number of hydrogen-bond acceptors (Lipinski definition) is 6. The number of carbonyl (C=O) groups is 3. The van der Waals surface area contributed by atoms with Crippen LogP contribution < -0.4 is 5.01 Å². The van der Waals surface area contributed by atoms with Gasteiger partial charge in [0.2, 0.25) is 11.7 Å². The number of hydrogen-bond donors (Lipinski definition) is 0.